The summed E-state index contributed by atoms with van der Waals surface area (Å²) in [5, 5.41) is 9.22. The second kappa shape index (κ2) is 10.3. The van der Waals surface area contributed by atoms with Crippen LogP contribution in [0.25, 0.3) is 0 Å². The van der Waals surface area contributed by atoms with Crippen molar-refractivity contribution in [3.63, 3.8) is 0 Å². The van der Waals surface area contributed by atoms with Crippen LogP contribution in [-0.2, 0) is 17.9 Å². The SMILES string of the molecule is C=CCn1c(COc2ccccc2F)nnc1SC/C(=C\C(=O)C(C)(C)C)C(C)(C)C. The van der Waals surface area contributed by atoms with Gasteiger partial charge in [-0.05, 0) is 23.6 Å². The van der Waals surface area contributed by atoms with E-state index in [9.17, 15) is 9.18 Å². The molecule has 0 aliphatic carbocycles. The maximum atomic E-state index is 13.8. The van der Waals surface area contributed by atoms with Crippen molar-refractivity contribution >= 4 is 17.5 Å². The standard InChI is InChI=1S/C24H32FN3O2S/c1-8-13-28-21(15-30-19-12-10-9-11-18(19)25)26-27-22(28)31-16-17(23(2,3)4)14-20(29)24(5,6)7/h8-12,14H,1,13,15-16H2,2-7H3/b17-14+. The molecule has 0 unspecified atom stereocenters. The molecule has 2 rings (SSSR count). The molecule has 5 nitrogen and oxygen atoms in total. The van der Waals surface area contributed by atoms with E-state index in [1.54, 1.807) is 30.4 Å². The minimum atomic E-state index is -0.429. The van der Waals surface area contributed by atoms with Crippen LogP contribution in [0.3, 0.4) is 0 Å². The molecular formula is C24H32FN3O2S. The highest BCUT2D eigenvalue weighted by Gasteiger charge is 2.25. The number of ketones is 1. The zero-order valence-corrected chi connectivity index (χ0v) is 20.1. The number of carbonyl (C=O) groups is 1. The quantitative estimate of drug-likeness (QED) is 0.275. The van der Waals surface area contributed by atoms with Gasteiger partial charge in [0.15, 0.2) is 28.3 Å². The zero-order chi connectivity index (χ0) is 23.2. The molecule has 168 valence electrons. The lowest BCUT2D eigenvalue weighted by molar-refractivity contribution is -0.121. The van der Waals surface area contributed by atoms with Crippen molar-refractivity contribution in [2.24, 2.45) is 10.8 Å². The van der Waals surface area contributed by atoms with Crippen LogP contribution in [0.1, 0.15) is 47.4 Å². The van der Waals surface area contributed by atoms with E-state index in [1.165, 1.54) is 17.8 Å². The predicted octanol–water partition coefficient (Wildman–Crippen LogP) is 5.86. The molecule has 0 radical (unpaired) electrons. The van der Waals surface area contributed by atoms with Crippen LogP contribution in [0.4, 0.5) is 4.39 Å². The summed E-state index contributed by atoms with van der Waals surface area (Å²) in [4.78, 5) is 12.6. The topological polar surface area (TPSA) is 57.0 Å². The van der Waals surface area contributed by atoms with Gasteiger partial charge in [-0.1, -0.05) is 77.1 Å². The number of hydrogen-bond acceptors (Lipinski definition) is 5. The number of rotatable bonds is 9. The van der Waals surface area contributed by atoms with E-state index < -0.39 is 11.2 Å². The van der Waals surface area contributed by atoms with Gasteiger partial charge in [0.2, 0.25) is 0 Å². The van der Waals surface area contributed by atoms with Gasteiger partial charge in [0.25, 0.3) is 0 Å². The van der Waals surface area contributed by atoms with Crippen molar-refractivity contribution in [3.05, 3.63) is 60.2 Å². The van der Waals surface area contributed by atoms with Crippen molar-refractivity contribution in [3.8, 4) is 5.75 Å². The van der Waals surface area contributed by atoms with E-state index in [0.29, 0.717) is 23.3 Å². The molecule has 0 amide bonds. The van der Waals surface area contributed by atoms with Crippen LogP contribution in [0, 0.1) is 16.6 Å². The van der Waals surface area contributed by atoms with E-state index in [4.69, 9.17) is 4.74 Å². The fourth-order valence-corrected chi connectivity index (χ4v) is 3.78. The molecule has 0 bridgehead atoms. The Labute approximate surface area is 188 Å². The molecule has 1 aromatic heterocycles. The van der Waals surface area contributed by atoms with Crippen LogP contribution in [-0.4, -0.2) is 26.3 Å². The third-order valence-corrected chi connectivity index (χ3v) is 5.68. The Balaban J connectivity index is 2.20. The van der Waals surface area contributed by atoms with E-state index in [-0.39, 0.29) is 23.6 Å². The Kier molecular flexibility index (Phi) is 8.23. The summed E-state index contributed by atoms with van der Waals surface area (Å²) in [6.07, 6.45) is 3.52. The predicted molar refractivity (Wildman–Crippen MR) is 124 cm³/mol. The molecule has 0 aliphatic rings. The Bertz CT molecular complexity index is 952. The molecule has 0 saturated heterocycles. The lowest BCUT2D eigenvalue weighted by Crippen LogP contribution is -2.21. The molecule has 0 fully saturated rings. The first-order valence-electron chi connectivity index (χ1n) is 10.2. The number of hydrogen-bond donors (Lipinski definition) is 0. The van der Waals surface area contributed by atoms with Crippen LogP contribution in [0.15, 0.2) is 53.7 Å². The molecule has 0 aliphatic heterocycles. The maximum Gasteiger partial charge on any atom is 0.191 e. The fourth-order valence-electron chi connectivity index (χ4n) is 2.54. The summed E-state index contributed by atoms with van der Waals surface area (Å²) in [5.74, 6) is 1.04. The Hall–Kier alpha value is -2.41. The van der Waals surface area contributed by atoms with Crippen molar-refractivity contribution in [2.45, 2.75) is 59.9 Å². The maximum absolute atomic E-state index is 13.8. The van der Waals surface area contributed by atoms with Gasteiger partial charge in [-0.2, -0.15) is 0 Å². The highest BCUT2D eigenvalue weighted by atomic mass is 32.2. The van der Waals surface area contributed by atoms with E-state index >= 15 is 0 Å². The summed E-state index contributed by atoms with van der Waals surface area (Å²) < 4.78 is 21.3. The molecule has 31 heavy (non-hydrogen) atoms. The van der Waals surface area contributed by atoms with E-state index in [1.807, 2.05) is 25.3 Å². The average Bonchev–Trinajstić information content (AvgIpc) is 3.04. The van der Waals surface area contributed by atoms with Gasteiger partial charge in [0.05, 0.1) is 0 Å². The molecule has 0 saturated carbocycles. The number of ether oxygens (including phenoxy) is 1. The van der Waals surface area contributed by atoms with Crippen LogP contribution >= 0.6 is 11.8 Å². The van der Waals surface area contributed by atoms with Crippen molar-refractivity contribution in [1.82, 2.24) is 14.8 Å². The summed E-state index contributed by atoms with van der Waals surface area (Å²) in [6.45, 7) is 16.4. The number of para-hydroxylation sites is 1. The largest absolute Gasteiger partial charge is 0.483 e. The van der Waals surface area contributed by atoms with Gasteiger partial charge in [-0.25, -0.2) is 4.39 Å². The summed E-state index contributed by atoms with van der Waals surface area (Å²) in [7, 11) is 0. The van der Waals surface area contributed by atoms with Crippen LogP contribution in [0.5, 0.6) is 5.75 Å². The molecule has 1 heterocycles. The van der Waals surface area contributed by atoms with Crippen LogP contribution < -0.4 is 4.74 Å². The Morgan fingerprint density at radius 2 is 1.84 bits per heavy atom. The van der Waals surface area contributed by atoms with Crippen molar-refractivity contribution < 1.29 is 13.9 Å². The first-order chi connectivity index (χ1) is 14.4. The first kappa shape index (κ1) is 24.9. The van der Waals surface area contributed by atoms with E-state index in [2.05, 4.69) is 37.5 Å². The van der Waals surface area contributed by atoms with Gasteiger partial charge in [0.1, 0.15) is 6.61 Å². The molecule has 0 spiro atoms. The number of halogens is 1. The summed E-state index contributed by atoms with van der Waals surface area (Å²) >= 11 is 1.51. The number of carbonyl (C=O) groups excluding carboxylic acids is 1. The number of nitrogens with zero attached hydrogens (tertiary/aromatic N) is 3. The number of aromatic nitrogens is 3. The third kappa shape index (κ3) is 7.06. The van der Waals surface area contributed by atoms with Gasteiger partial charge < -0.3 is 4.74 Å². The lowest BCUT2D eigenvalue weighted by Gasteiger charge is -2.24. The molecular weight excluding hydrogens is 413 g/mol. The van der Waals surface area contributed by atoms with Gasteiger partial charge in [0, 0.05) is 17.7 Å². The summed E-state index contributed by atoms with van der Waals surface area (Å²) in [6, 6.07) is 6.26. The molecule has 2 aromatic rings. The number of allylic oxidation sites excluding steroid dienone is 2. The highest BCUT2D eigenvalue weighted by molar-refractivity contribution is 7.99. The van der Waals surface area contributed by atoms with Crippen molar-refractivity contribution in [1.29, 1.82) is 0 Å². The minimum absolute atomic E-state index is 0.0901. The second-order valence-electron chi connectivity index (χ2n) is 9.34. The van der Waals surface area contributed by atoms with Crippen molar-refractivity contribution in [2.75, 3.05) is 5.75 Å². The Morgan fingerprint density at radius 3 is 2.42 bits per heavy atom. The highest BCUT2D eigenvalue weighted by Crippen LogP contribution is 2.32. The molecule has 1 aromatic carbocycles. The van der Waals surface area contributed by atoms with Gasteiger partial charge in [-0.15, -0.1) is 16.8 Å². The lowest BCUT2D eigenvalue weighted by atomic mass is 9.83. The average molecular weight is 446 g/mol. The normalized spacial score (nSPS) is 12.7. The first-order valence-corrected chi connectivity index (χ1v) is 11.2. The zero-order valence-electron chi connectivity index (χ0n) is 19.2. The minimum Gasteiger partial charge on any atom is -0.483 e. The van der Waals surface area contributed by atoms with Gasteiger partial charge in [-0.3, -0.25) is 9.36 Å². The van der Waals surface area contributed by atoms with Gasteiger partial charge >= 0.3 is 0 Å². The number of thioether (sulfide) groups is 1. The smallest absolute Gasteiger partial charge is 0.191 e. The molecule has 0 atom stereocenters. The monoisotopic (exact) mass is 445 g/mol. The second-order valence-corrected chi connectivity index (χ2v) is 10.3. The summed E-state index contributed by atoms with van der Waals surface area (Å²) in [5.41, 5.74) is 0.449. The Morgan fingerprint density at radius 1 is 1.16 bits per heavy atom. The third-order valence-electron chi connectivity index (χ3n) is 4.66. The molecule has 0 N–H and O–H groups in total. The number of benzene rings is 1. The fraction of sp³-hybridized carbons (Fsp3) is 0.458. The van der Waals surface area contributed by atoms with Crippen LogP contribution in [0.2, 0.25) is 0 Å². The van der Waals surface area contributed by atoms with E-state index in [0.717, 1.165) is 5.57 Å². The molecule has 7 heteroatoms.